The Morgan fingerprint density at radius 1 is 1.17 bits per heavy atom. The van der Waals surface area contributed by atoms with E-state index >= 15 is 0 Å². The Hall–Kier alpha value is -1.84. The fourth-order valence-corrected chi connectivity index (χ4v) is 3.15. The van der Waals surface area contributed by atoms with E-state index < -0.39 is 0 Å². The van der Waals surface area contributed by atoms with Crippen LogP contribution in [0, 0.1) is 12.8 Å². The molecule has 0 aliphatic carbocycles. The number of hydrogen-bond acceptors (Lipinski definition) is 2. The first-order valence-corrected chi connectivity index (χ1v) is 8.40. The summed E-state index contributed by atoms with van der Waals surface area (Å²) in [5, 5.41) is 3.19. The van der Waals surface area contributed by atoms with Gasteiger partial charge >= 0.3 is 0 Å². The molecule has 1 fully saturated rings. The molecule has 126 valence electrons. The topological polar surface area (TPSA) is 49.4 Å². The smallest absolute Gasteiger partial charge is 0.223 e. The molecule has 0 unspecified atom stereocenters. The third-order valence-electron chi connectivity index (χ3n) is 4.54. The van der Waals surface area contributed by atoms with Gasteiger partial charge in [0.1, 0.15) is 0 Å². The van der Waals surface area contributed by atoms with E-state index in [0.29, 0.717) is 13.1 Å². The minimum absolute atomic E-state index is 0.0166. The molecule has 1 aliphatic heterocycles. The molecule has 1 N–H and O–H groups in total. The number of likely N-dealkylation sites (tertiary alicyclic amines) is 1. The Morgan fingerprint density at radius 2 is 1.74 bits per heavy atom. The van der Waals surface area contributed by atoms with Crippen molar-refractivity contribution >= 4 is 11.8 Å². The van der Waals surface area contributed by atoms with Crippen LogP contribution in [0.4, 0.5) is 0 Å². The van der Waals surface area contributed by atoms with Crippen LogP contribution in [0.25, 0.3) is 0 Å². The number of piperidine rings is 1. The van der Waals surface area contributed by atoms with Crippen LogP contribution in [0.2, 0.25) is 0 Å². The summed E-state index contributed by atoms with van der Waals surface area (Å²) in [5.41, 5.74) is 2.20. The summed E-state index contributed by atoms with van der Waals surface area (Å²) in [5.74, 6) is 0.233. The molecule has 1 heterocycles. The molecule has 1 aliphatic rings. The van der Waals surface area contributed by atoms with Crippen molar-refractivity contribution in [2.75, 3.05) is 13.1 Å². The van der Waals surface area contributed by atoms with Gasteiger partial charge in [0.2, 0.25) is 11.8 Å². The summed E-state index contributed by atoms with van der Waals surface area (Å²) in [6.07, 6.45) is 2.32. The van der Waals surface area contributed by atoms with E-state index in [0.717, 1.165) is 19.3 Å². The predicted molar refractivity (Wildman–Crippen MR) is 92.1 cm³/mol. The van der Waals surface area contributed by atoms with E-state index in [1.54, 1.807) is 6.92 Å². The Balaban J connectivity index is 1.88. The first-order valence-electron chi connectivity index (χ1n) is 8.40. The van der Waals surface area contributed by atoms with Crippen LogP contribution in [0.15, 0.2) is 24.3 Å². The maximum absolute atomic E-state index is 12.5. The summed E-state index contributed by atoms with van der Waals surface area (Å²) in [7, 11) is 0. The van der Waals surface area contributed by atoms with Crippen LogP contribution in [-0.2, 0) is 16.0 Å². The van der Waals surface area contributed by atoms with Gasteiger partial charge in [-0.05, 0) is 45.6 Å². The predicted octanol–water partition coefficient (Wildman–Crippen LogP) is 2.69. The van der Waals surface area contributed by atoms with Crippen molar-refractivity contribution in [3.05, 3.63) is 35.4 Å². The normalized spacial score (nSPS) is 16.3. The standard InChI is InChI=1S/C19H28N2O2/c1-14-5-7-16(8-6-14)13-19(3,4)20-18(23)17-9-11-21(12-10-17)15(2)22/h5-8,17H,9-13H2,1-4H3,(H,20,23). The first-order chi connectivity index (χ1) is 10.8. The quantitative estimate of drug-likeness (QED) is 0.928. The van der Waals surface area contributed by atoms with Crippen LogP contribution < -0.4 is 5.32 Å². The third kappa shape index (κ3) is 5.08. The molecular weight excluding hydrogens is 288 g/mol. The average Bonchev–Trinajstić information content (AvgIpc) is 2.49. The molecule has 2 rings (SSSR count). The maximum Gasteiger partial charge on any atom is 0.223 e. The molecule has 4 heteroatoms. The number of carbonyl (C=O) groups excluding carboxylic acids is 2. The van der Waals surface area contributed by atoms with Crippen LogP contribution in [0.3, 0.4) is 0 Å². The van der Waals surface area contributed by atoms with Gasteiger partial charge in [-0.2, -0.15) is 0 Å². The summed E-state index contributed by atoms with van der Waals surface area (Å²) in [6.45, 7) is 9.16. The SMILES string of the molecule is CC(=O)N1CCC(C(=O)NC(C)(C)Cc2ccc(C)cc2)CC1. The second-order valence-electron chi connectivity index (χ2n) is 7.32. The highest BCUT2D eigenvalue weighted by Crippen LogP contribution is 2.20. The lowest BCUT2D eigenvalue weighted by Gasteiger charge is -2.33. The molecule has 0 radical (unpaired) electrons. The number of benzene rings is 1. The van der Waals surface area contributed by atoms with Gasteiger partial charge in [-0.25, -0.2) is 0 Å². The fourth-order valence-electron chi connectivity index (χ4n) is 3.15. The van der Waals surface area contributed by atoms with Crippen molar-refractivity contribution in [2.24, 2.45) is 5.92 Å². The van der Waals surface area contributed by atoms with Gasteiger partial charge in [0.05, 0.1) is 0 Å². The third-order valence-corrected chi connectivity index (χ3v) is 4.54. The number of amides is 2. The van der Waals surface area contributed by atoms with E-state index in [-0.39, 0.29) is 23.3 Å². The van der Waals surface area contributed by atoms with Gasteiger partial charge in [0, 0.05) is 31.5 Å². The Labute approximate surface area is 139 Å². The Bertz CT molecular complexity index is 555. The number of nitrogens with one attached hydrogen (secondary N) is 1. The number of aryl methyl sites for hydroxylation is 1. The van der Waals surface area contributed by atoms with Crippen molar-refractivity contribution in [3.8, 4) is 0 Å². The average molecular weight is 316 g/mol. The molecule has 1 aromatic carbocycles. The lowest BCUT2D eigenvalue weighted by molar-refractivity contribution is -0.134. The minimum atomic E-state index is -0.274. The molecule has 0 aromatic heterocycles. The zero-order chi connectivity index (χ0) is 17.0. The zero-order valence-corrected chi connectivity index (χ0v) is 14.7. The maximum atomic E-state index is 12.5. The highest BCUT2D eigenvalue weighted by molar-refractivity contribution is 5.80. The first kappa shape index (κ1) is 17.5. The van der Waals surface area contributed by atoms with Gasteiger partial charge in [-0.3, -0.25) is 9.59 Å². The highest BCUT2D eigenvalue weighted by atomic mass is 16.2. The van der Waals surface area contributed by atoms with E-state index in [2.05, 4.69) is 50.4 Å². The number of carbonyl (C=O) groups is 2. The lowest BCUT2D eigenvalue weighted by Crippen LogP contribution is -2.50. The second kappa shape index (κ2) is 7.16. The molecule has 0 spiro atoms. The van der Waals surface area contributed by atoms with E-state index in [9.17, 15) is 9.59 Å². The molecule has 0 atom stereocenters. The van der Waals surface area contributed by atoms with E-state index in [4.69, 9.17) is 0 Å². The van der Waals surface area contributed by atoms with Gasteiger partial charge in [0.25, 0.3) is 0 Å². The summed E-state index contributed by atoms with van der Waals surface area (Å²) < 4.78 is 0. The summed E-state index contributed by atoms with van der Waals surface area (Å²) >= 11 is 0. The van der Waals surface area contributed by atoms with Crippen LogP contribution in [-0.4, -0.2) is 35.3 Å². The largest absolute Gasteiger partial charge is 0.351 e. The Kier molecular flexibility index (Phi) is 5.45. The number of nitrogens with zero attached hydrogens (tertiary/aromatic N) is 1. The zero-order valence-electron chi connectivity index (χ0n) is 14.7. The monoisotopic (exact) mass is 316 g/mol. The van der Waals surface area contributed by atoms with Crippen LogP contribution in [0.5, 0.6) is 0 Å². The van der Waals surface area contributed by atoms with Crippen molar-refractivity contribution < 1.29 is 9.59 Å². The Morgan fingerprint density at radius 3 is 2.26 bits per heavy atom. The van der Waals surface area contributed by atoms with E-state index in [1.807, 2.05) is 4.90 Å². The molecule has 0 saturated carbocycles. The van der Waals surface area contributed by atoms with Crippen LogP contribution >= 0.6 is 0 Å². The van der Waals surface area contributed by atoms with E-state index in [1.165, 1.54) is 11.1 Å². The molecule has 4 nitrogen and oxygen atoms in total. The molecule has 0 bridgehead atoms. The summed E-state index contributed by atoms with van der Waals surface area (Å²) in [4.78, 5) is 25.7. The molecule has 2 amide bonds. The number of hydrogen-bond donors (Lipinski definition) is 1. The molecule has 23 heavy (non-hydrogen) atoms. The lowest BCUT2D eigenvalue weighted by atomic mass is 9.91. The molecular formula is C19H28N2O2. The fraction of sp³-hybridized carbons (Fsp3) is 0.579. The van der Waals surface area contributed by atoms with Gasteiger partial charge in [-0.1, -0.05) is 29.8 Å². The summed E-state index contributed by atoms with van der Waals surface area (Å²) in [6, 6.07) is 8.44. The van der Waals surface area contributed by atoms with Crippen molar-refractivity contribution in [1.82, 2.24) is 10.2 Å². The minimum Gasteiger partial charge on any atom is -0.351 e. The van der Waals surface area contributed by atoms with Crippen molar-refractivity contribution in [3.63, 3.8) is 0 Å². The molecule has 1 aromatic rings. The number of rotatable bonds is 4. The van der Waals surface area contributed by atoms with Gasteiger partial charge in [0.15, 0.2) is 0 Å². The highest BCUT2D eigenvalue weighted by Gasteiger charge is 2.29. The molecule has 1 saturated heterocycles. The van der Waals surface area contributed by atoms with Crippen molar-refractivity contribution in [2.45, 2.75) is 52.5 Å². The van der Waals surface area contributed by atoms with Gasteiger partial charge < -0.3 is 10.2 Å². The van der Waals surface area contributed by atoms with Crippen molar-refractivity contribution in [1.29, 1.82) is 0 Å². The van der Waals surface area contributed by atoms with Gasteiger partial charge in [-0.15, -0.1) is 0 Å². The van der Waals surface area contributed by atoms with Crippen LogP contribution in [0.1, 0.15) is 44.7 Å². The second-order valence-corrected chi connectivity index (χ2v) is 7.32.